The van der Waals surface area contributed by atoms with E-state index >= 15 is 0 Å². The molecule has 0 spiro atoms. The quantitative estimate of drug-likeness (QED) is 0.809. The van der Waals surface area contributed by atoms with Crippen molar-refractivity contribution < 1.29 is 14.7 Å². The van der Waals surface area contributed by atoms with Crippen molar-refractivity contribution in [1.82, 2.24) is 9.55 Å². The Balaban J connectivity index is 2.32. The van der Waals surface area contributed by atoms with Crippen LogP contribution in [0.5, 0.6) is 0 Å². The van der Waals surface area contributed by atoms with Crippen LogP contribution < -0.4 is 5.32 Å². The monoisotopic (exact) mass is 371 g/mol. The van der Waals surface area contributed by atoms with E-state index in [0.717, 1.165) is 3.57 Å². The van der Waals surface area contributed by atoms with Crippen LogP contribution >= 0.6 is 22.6 Å². The van der Waals surface area contributed by atoms with E-state index in [2.05, 4.69) is 10.3 Å². The number of carbonyl (C=O) groups is 2. The van der Waals surface area contributed by atoms with E-state index in [-0.39, 0.29) is 11.3 Å². The summed E-state index contributed by atoms with van der Waals surface area (Å²) in [7, 11) is 1.69. The first-order valence-electron chi connectivity index (χ1n) is 5.29. The van der Waals surface area contributed by atoms with Gasteiger partial charge in [0.1, 0.15) is 5.69 Å². The van der Waals surface area contributed by atoms with Gasteiger partial charge < -0.3 is 15.0 Å². The zero-order valence-corrected chi connectivity index (χ0v) is 12.1. The number of carbonyl (C=O) groups excluding carboxylic acids is 1. The summed E-state index contributed by atoms with van der Waals surface area (Å²) in [5.41, 5.74) is 0.677. The van der Waals surface area contributed by atoms with Gasteiger partial charge in [-0.2, -0.15) is 0 Å². The minimum atomic E-state index is -1.08. The van der Waals surface area contributed by atoms with Gasteiger partial charge in [-0.05, 0) is 40.8 Å². The van der Waals surface area contributed by atoms with E-state index in [1.54, 1.807) is 23.7 Å². The Labute approximate surface area is 122 Å². The molecule has 0 bridgehead atoms. The predicted octanol–water partition coefficient (Wildman–Crippen LogP) is 1.98. The van der Waals surface area contributed by atoms with Crippen molar-refractivity contribution in [3.8, 4) is 0 Å². The van der Waals surface area contributed by atoms with Crippen LogP contribution in [0.4, 0.5) is 5.69 Å². The lowest BCUT2D eigenvalue weighted by atomic mass is 10.2. The molecule has 0 aliphatic rings. The molecule has 6 nitrogen and oxygen atoms in total. The molecule has 0 unspecified atom stereocenters. The highest BCUT2D eigenvalue weighted by Crippen LogP contribution is 2.19. The smallest absolute Gasteiger partial charge is 0.337 e. The molecule has 2 N–H and O–H groups in total. The summed E-state index contributed by atoms with van der Waals surface area (Å²) in [5.74, 6) is -1.48. The zero-order chi connectivity index (χ0) is 14.0. The summed E-state index contributed by atoms with van der Waals surface area (Å²) in [6, 6.07) is 4.80. The molecular formula is C12H10IN3O3. The average molecular weight is 371 g/mol. The molecule has 0 radical (unpaired) electrons. The average Bonchev–Trinajstić information content (AvgIpc) is 2.77. The number of rotatable bonds is 3. The van der Waals surface area contributed by atoms with Crippen LogP contribution in [0.1, 0.15) is 20.8 Å². The van der Waals surface area contributed by atoms with Gasteiger partial charge in [0.2, 0.25) is 0 Å². The van der Waals surface area contributed by atoms with Gasteiger partial charge in [0.15, 0.2) is 0 Å². The van der Waals surface area contributed by atoms with Crippen LogP contribution in [0.2, 0.25) is 0 Å². The van der Waals surface area contributed by atoms with Crippen LogP contribution in [0, 0.1) is 3.57 Å². The second-order valence-corrected chi connectivity index (χ2v) is 5.08. The maximum absolute atomic E-state index is 12.0. The van der Waals surface area contributed by atoms with Gasteiger partial charge in [-0.25, -0.2) is 9.78 Å². The predicted molar refractivity (Wildman–Crippen MR) is 77.3 cm³/mol. The molecule has 0 saturated carbocycles. The molecule has 2 aromatic rings. The zero-order valence-electron chi connectivity index (χ0n) is 9.92. The number of imidazole rings is 1. The third-order valence-electron chi connectivity index (χ3n) is 2.51. The lowest BCUT2D eigenvalue weighted by Crippen LogP contribution is -2.17. The van der Waals surface area contributed by atoms with Gasteiger partial charge in [-0.1, -0.05) is 0 Å². The van der Waals surface area contributed by atoms with E-state index in [1.807, 2.05) is 22.6 Å². The Hall–Kier alpha value is -1.90. The molecule has 1 amide bonds. The summed E-state index contributed by atoms with van der Waals surface area (Å²) in [6.45, 7) is 0. The number of aromatic nitrogens is 2. The second kappa shape index (κ2) is 5.39. The summed E-state index contributed by atoms with van der Waals surface area (Å²) in [6.07, 6.45) is 2.92. The highest BCUT2D eigenvalue weighted by molar-refractivity contribution is 14.1. The summed E-state index contributed by atoms with van der Waals surface area (Å²) in [4.78, 5) is 27.0. The van der Waals surface area contributed by atoms with E-state index < -0.39 is 11.9 Å². The van der Waals surface area contributed by atoms with Gasteiger partial charge in [0, 0.05) is 10.6 Å². The Kier molecular flexibility index (Phi) is 3.84. The fraction of sp³-hybridized carbons (Fsp3) is 0.0833. The molecule has 1 heterocycles. The lowest BCUT2D eigenvalue weighted by molar-refractivity contribution is 0.0698. The molecule has 19 heavy (non-hydrogen) atoms. The molecule has 2 rings (SSSR count). The third-order valence-corrected chi connectivity index (χ3v) is 3.18. The molecular weight excluding hydrogens is 361 g/mol. The van der Waals surface area contributed by atoms with Crippen LogP contribution in [-0.4, -0.2) is 26.5 Å². The van der Waals surface area contributed by atoms with E-state index in [9.17, 15) is 9.59 Å². The number of aryl methyl sites for hydroxylation is 1. The molecule has 1 aromatic heterocycles. The summed E-state index contributed by atoms with van der Waals surface area (Å²) >= 11 is 2.01. The SMILES string of the molecule is Cn1cncc1C(=O)Nc1ccc(I)cc1C(=O)O. The number of hydrogen-bond acceptors (Lipinski definition) is 3. The Morgan fingerprint density at radius 1 is 1.42 bits per heavy atom. The first-order chi connectivity index (χ1) is 8.99. The van der Waals surface area contributed by atoms with E-state index in [0.29, 0.717) is 5.69 Å². The first-order valence-corrected chi connectivity index (χ1v) is 6.37. The maximum atomic E-state index is 12.0. The summed E-state index contributed by atoms with van der Waals surface area (Å²) < 4.78 is 2.34. The number of halogens is 1. The number of carboxylic acid groups (broad SMARTS) is 1. The number of anilines is 1. The Bertz CT molecular complexity index is 651. The van der Waals surface area contributed by atoms with Gasteiger partial charge in [0.25, 0.3) is 5.91 Å². The number of hydrogen-bond donors (Lipinski definition) is 2. The Morgan fingerprint density at radius 2 is 2.16 bits per heavy atom. The van der Waals surface area contributed by atoms with E-state index in [1.165, 1.54) is 18.6 Å². The van der Waals surface area contributed by atoms with Gasteiger partial charge in [-0.15, -0.1) is 0 Å². The minimum Gasteiger partial charge on any atom is -0.478 e. The van der Waals surface area contributed by atoms with Crippen molar-refractivity contribution in [1.29, 1.82) is 0 Å². The fourth-order valence-corrected chi connectivity index (χ4v) is 2.06. The standard InChI is InChI=1S/C12H10IN3O3/c1-16-6-14-5-10(16)11(17)15-9-3-2-7(13)4-8(9)12(18)19/h2-6H,1H3,(H,15,17)(H,18,19). The van der Waals surface area contributed by atoms with E-state index in [4.69, 9.17) is 5.11 Å². The van der Waals surface area contributed by atoms with Crippen LogP contribution in [0.3, 0.4) is 0 Å². The molecule has 7 heteroatoms. The van der Waals surface area contributed by atoms with Crippen molar-refractivity contribution in [2.75, 3.05) is 5.32 Å². The Morgan fingerprint density at radius 3 is 2.74 bits per heavy atom. The minimum absolute atomic E-state index is 0.0578. The van der Waals surface area contributed by atoms with Gasteiger partial charge >= 0.3 is 5.97 Å². The molecule has 0 atom stereocenters. The van der Waals surface area contributed by atoms with Crippen molar-refractivity contribution in [3.05, 3.63) is 45.6 Å². The topological polar surface area (TPSA) is 84.2 Å². The number of carboxylic acids is 1. The molecule has 0 saturated heterocycles. The molecule has 0 aliphatic heterocycles. The fourth-order valence-electron chi connectivity index (χ4n) is 1.56. The van der Waals surface area contributed by atoms with Crippen molar-refractivity contribution >= 4 is 40.2 Å². The van der Waals surface area contributed by atoms with Gasteiger partial charge in [-0.3, -0.25) is 4.79 Å². The number of amides is 1. The number of nitrogens with one attached hydrogen (secondary N) is 1. The molecule has 1 aromatic carbocycles. The summed E-state index contributed by atoms with van der Waals surface area (Å²) in [5, 5.41) is 11.7. The van der Waals surface area contributed by atoms with Crippen molar-refractivity contribution in [2.45, 2.75) is 0 Å². The van der Waals surface area contributed by atoms with Crippen molar-refractivity contribution in [2.24, 2.45) is 7.05 Å². The third kappa shape index (κ3) is 2.92. The molecule has 98 valence electrons. The number of aromatic carboxylic acids is 1. The van der Waals surface area contributed by atoms with Gasteiger partial charge in [0.05, 0.1) is 23.8 Å². The first kappa shape index (κ1) is 13.5. The molecule has 0 aliphatic carbocycles. The van der Waals surface area contributed by atoms with Crippen LogP contribution in [0.15, 0.2) is 30.7 Å². The second-order valence-electron chi connectivity index (χ2n) is 3.84. The highest BCUT2D eigenvalue weighted by Gasteiger charge is 2.15. The normalized spacial score (nSPS) is 10.2. The number of benzene rings is 1. The largest absolute Gasteiger partial charge is 0.478 e. The number of nitrogens with zero attached hydrogens (tertiary/aromatic N) is 2. The van der Waals surface area contributed by atoms with Crippen LogP contribution in [0.25, 0.3) is 0 Å². The lowest BCUT2D eigenvalue weighted by Gasteiger charge is -2.09. The highest BCUT2D eigenvalue weighted by atomic mass is 127. The van der Waals surface area contributed by atoms with Crippen LogP contribution in [-0.2, 0) is 7.05 Å². The van der Waals surface area contributed by atoms with Crippen molar-refractivity contribution in [3.63, 3.8) is 0 Å². The molecule has 0 fully saturated rings. The maximum Gasteiger partial charge on any atom is 0.337 e.